The molecule has 0 aliphatic carbocycles. The molecule has 5 rings (SSSR count). The minimum atomic E-state index is -1.15. The lowest BCUT2D eigenvalue weighted by Crippen LogP contribution is -2.50. The lowest BCUT2D eigenvalue weighted by atomic mass is 9.92. The Kier molecular flexibility index (Phi) is 9.28. The van der Waals surface area contributed by atoms with Gasteiger partial charge >= 0.3 is 5.97 Å². The summed E-state index contributed by atoms with van der Waals surface area (Å²) in [6.45, 7) is -0.153. The van der Waals surface area contributed by atoms with Gasteiger partial charge in [-0.15, -0.1) is 0 Å². The first-order valence-electron chi connectivity index (χ1n) is 14.3. The van der Waals surface area contributed by atoms with Crippen molar-refractivity contribution in [3.8, 4) is 0 Å². The Morgan fingerprint density at radius 2 is 1.74 bits per heavy atom. The molecule has 0 spiro atoms. The van der Waals surface area contributed by atoms with E-state index in [0.717, 1.165) is 21.9 Å². The molecule has 3 aromatic rings. The van der Waals surface area contributed by atoms with Gasteiger partial charge in [-0.25, -0.2) is 0 Å². The zero-order chi connectivity index (χ0) is 29.5. The second-order valence-electron chi connectivity index (χ2n) is 10.8. The average Bonchev–Trinajstić information content (AvgIpc) is 3.00. The van der Waals surface area contributed by atoms with E-state index < -0.39 is 29.7 Å². The van der Waals surface area contributed by atoms with Crippen molar-refractivity contribution in [2.24, 2.45) is 5.92 Å². The second kappa shape index (κ2) is 13.4. The summed E-state index contributed by atoms with van der Waals surface area (Å²) in [5.74, 6) is -2.48. The van der Waals surface area contributed by atoms with E-state index in [-0.39, 0.29) is 44.4 Å². The number of aliphatic hydroxyl groups is 1. The minimum Gasteiger partial charge on any atom is -0.463 e. The molecule has 0 radical (unpaired) electrons. The Morgan fingerprint density at radius 3 is 2.55 bits per heavy atom. The second-order valence-corrected chi connectivity index (χ2v) is 10.8. The Bertz CT molecular complexity index is 1500. The van der Waals surface area contributed by atoms with Gasteiger partial charge in [0.25, 0.3) is 5.91 Å². The van der Waals surface area contributed by atoms with Gasteiger partial charge in [0.15, 0.2) is 0 Å². The van der Waals surface area contributed by atoms with Crippen LogP contribution in [0, 0.1) is 5.92 Å². The summed E-state index contributed by atoms with van der Waals surface area (Å²) in [4.78, 5) is 54.2. The van der Waals surface area contributed by atoms with Crippen LogP contribution in [0.5, 0.6) is 0 Å². The van der Waals surface area contributed by atoms with Crippen LogP contribution < -0.4 is 10.6 Å². The summed E-state index contributed by atoms with van der Waals surface area (Å²) in [7, 11) is 0. The molecular formula is C33H35N3O6. The normalized spacial score (nSPS) is 21.4. The summed E-state index contributed by atoms with van der Waals surface area (Å²) in [6, 6.07) is 19.5. The maximum atomic E-state index is 13.5. The molecule has 0 saturated carbocycles. The monoisotopic (exact) mass is 569 g/mol. The van der Waals surface area contributed by atoms with E-state index in [1.807, 2.05) is 60.7 Å². The van der Waals surface area contributed by atoms with Crippen LogP contribution in [0.4, 0.5) is 5.69 Å². The molecule has 42 heavy (non-hydrogen) atoms. The molecule has 2 heterocycles. The summed E-state index contributed by atoms with van der Waals surface area (Å²) in [5.41, 5.74) is 2.66. The fourth-order valence-corrected chi connectivity index (χ4v) is 5.45. The average molecular weight is 570 g/mol. The van der Waals surface area contributed by atoms with Crippen LogP contribution in [0.1, 0.15) is 36.8 Å². The molecule has 0 bridgehead atoms. The van der Waals surface area contributed by atoms with Crippen molar-refractivity contribution < 1.29 is 29.0 Å². The van der Waals surface area contributed by atoms with Crippen molar-refractivity contribution in [3.63, 3.8) is 0 Å². The van der Waals surface area contributed by atoms with Gasteiger partial charge in [0, 0.05) is 25.1 Å². The number of benzene rings is 3. The fourth-order valence-electron chi connectivity index (χ4n) is 5.45. The zero-order valence-corrected chi connectivity index (χ0v) is 23.3. The molecule has 0 aromatic heterocycles. The highest BCUT2D eigenvalue weighted by molar-refractivity contribution is 5.99. The van der Waals surface area contributed by atoms with Crippen molar-refractivity contribution in [3.05, 3.63) is 90.0 Å². The number of amides is 3. The maximum absolute atomic E-state index is 13.5. The van der Waals surface area contributed by atoms with Crippen LogP contribution in [-0.4, -0.2) is 59.0 Å². The number of allylic oxidation sites excluding steroid dienone is 2. The zero-order valence-electron chi connectivity index (χ0n) is 23.3. The first-order chi connectivity index (χ1) is 20.4. The SMILES string of the molecule is O=C1CCC=CCC(CC(=O)N2Cc3ccccc3CC2CO)C(=O)NC(C(=O)Nc2ccc3ccccc3c2)CO1. The number of ether oxygens (including phenoxy) is 1. The number of cyclic esters (lactones) is 1. The van der Waals surface area contributed by atoms with Crippen LogP contribution in [0.25, 0.3) is 10.8 Å². The molecule has 3 N–H and O–H groups in total. The molecule has 3 atom stereocenters. The van der Waals surface area contributed by atoms with Gasteiger partial charge in [-0.2, -0.15) is 0 Å². The Morgan fingerprint density at radius 1 is 0.976 bits per heavy atom. The van der Waals surface area contributed by atoms with Crippen LogP contribution in [0.3, 0.4) is 0 Å². The van der Waals surface area contributed by atoms with Crippen molar-refractivity contribution in [2.75, 3.05) is 18.5 Å². The Hall–Kier alpha value is -4.50. The predicted octanol–water partition coefficient (Wildman–Crippen LogP) is 3.50. The molecule has 0 saturated heterocycles. The van der Waals surface area contributed by atoms with Crippen molar-refractivity contribution in [2.45, 2.75) is 50.7 Å². The molecule has 3 aromatic carbocycles. The molecule has 9 nitrogen and oxygen atoms in total. The molecule has 218 valence electrons. The van der Waals surface area contributed by atoms with E-state index in [0.29, 0.717) is 25.1 Å². The molecule has 3 amide bonds. The molecule has 3 unspecified atom stereocenters. The van der Waals surface area contributed by atoms with Gasteiger partial charge in [0.05, 0.1) is 18.6 Å². The van der Waals surface area contributed by atoms with Crippen molar-refractivity contribution >= 4 is 40.2 Å². The number of anilines is 1. The highest BCUT2D eigenvalue weighted by Gasteiger charge is 2.33. The number of fused-ring (bicyclic) bond motifs is 2. The minimum absolute atomic E-state index is 0.0896. The largest absolute Gasteiger partial charge is 0.463 e. The van der Waals surface area contributed by atoms with Crippen molar-refractivity contribution in [1.82, 2.24) is 10.2 Å². The summed E-state index contributed by atoms with van der Waals surface area (Å²) >= 11 is 0. The lowest BCUT2D eigenvalue weighted by molar-refractivity contribution is -0.146. The molecule has 9 heteroatoms. The van der Waals surface area contributed by atoms with E-state index in [9.17, 15) is 24.3 Å². The quantitative estimate of drug-likeness (QED) is 0.319. The number of nitrogens with one attached hydrogen (secondary N) is 2. The van der Waals surface area contributed by atoms with Gasteiger partial charge in [0.1, 0.15) is 12.6 Å². The number of hydrogen-bond donors (Lipinski definition) is 3. The highest BCUT2D eigenvalue weighted by atomic mass is 16.5. The third-order valence-corrected chi connectivity index (χ3v) is 7.84. The summed E-state index contributed by atoms with van der Waals surface area (Å²) in [5, 5.41) is 17.5. The predicted molar refractivity (Wildman–Crippen MR) is 158 cm³/mol. The summed E-state index contributed by atoms with van der Waals surface area (Å²) < 4.78 is 5.33. The van der Waals surface area contributed by atoms with Crippen LogP contribution in [0.15, 0.2) is 78.9 Å². The molecule has 2 aliphatic rings. The number of hydrogen-bond acceptors (Lipinski definition) is 6. The smallest absolute Gasteiger partial charge is 0.306 e. The molecule has 2 aliphatic heterocycles. The number of carbonyl (C=O) groups excluding carboxylic acids is 4. The molecular weight excluding hydrogens is 534 g/mol. The Balaban J connectivity index is 1.32. The number of aliphatic hydroxyl groups excluding tert-OH is 1. The van der Waals surface area contributed by atoms with Gasteiger partial charge in [0.2, 0.25) is 11.8 Å². The number of carbonyl (C=O) groups is 4. The van der Waals surface area contributed by atoms with E-state index >= 15 is 0 Å². The third kappa shape index (κ3) is 7.03. The van der Waals surface area contributed by atoms with Crippen LogP contribution in [0.2, 0.25) is 0 Å². The first kappa shape index (κ1) is 29.0. The topological polar surface area (TPSA) is 125 Å². The number of rotatable bonds is 5. The number of esters is 1. The molecule has 0 fully saturated rings. The first-order valence-corrected chi connectivity index (χ1v) is 14.3. The fraction of sp³-hybridized carbons (Fsp3) is 0.333. The summed E-state index contributed by atoms with van der Waals surface area (Å²) in [6.07, 6.45) is 4.85. The van der Waals surface area contributed by atoms with E-state index in [4.69, 9.17) is 4.74 Å². The third-order valence-electron chi connectivity index (χ3n) is 7.84. The van der Waals surface area contributed by atoms with Crippen LogP contribution in [-0.2, 0) is 36.9 Å². The highest BCUT2D eigenvalue weighted by Crippen LogP contribution is 2.26. The van der Waals surface area contributed by atoms with Crippen LogP contribution >= 0.6 is 0 Å². The van der Waals surface area contributed by atoms with Gasteiger partial charge < -0.3 is 25.4 Å². The lowest BCUT2D eigenvalue weighted by Gasteiger charge is -2.36. The van der Waals surface area contributed by atoms with Gasteiger partial charge in [-0.05, 0) is 53.3 Å². The van der Waals surface area contributed by atoms with Gasteiger partial charge in [-0.3, -0.25) is 19.2 Å². The van der Waals surface area contributed by atoms with E-state index in [2.05, 4.69) is 10.6 Å². The van der Waals surface area contributed by atoms with Crippen molar-refractivity contribution in [1.29, 1.82) is 0 Å². The standard InChI is InChI=1S/C33H35N3O6/c37-20-28-17-24-10-6-7-12-26(24)19-36(28)30(38)18-25-11-2-1-3-13-31(39)42-21-29(35-32(25)40)33(41)34-27-15-14-22-8-4-5-9-23(22)16-27/h1-2,4-10,12,14-16,25,28-29,37H,3,11,13,17-21H2,(H,34,41)(H,35,40). The maximum Gasteiger partial charge on any atom is 0.306 e. The Labute approximate surface area is 244 Å². The van der Waals surface area contributed by atoms with Gasteiger partial charge in [-0.1, -0.05) is 66.7 Å². The van der Waals surface area contributed by atoms with E-state index in [1.165, 1.54) is 0 Å². The van der Waals surface area contributed by atoms with E-state index in [1.54, 1.807) is 23.1 Å². The number of nitrogens with zero attached hydrogens (tertiary/aromatic N) is 1.